The molecule has 0 spiro atoms. The van der Waals surface area contributed by atoms with E-state index in [-0.39, 0.29) is 12.1 Å². The predicted octanol–water partition coefficient (Wildman–Crippen LogP) is 4.50. The van der Waals surface area contributed by atoms with Crippen LogP contribution in [0.5, 0.6) is 0 Å². The molecule has 2 aliphatic rings. The molecule has 0 radical (unpaired) electrons. The second-order valence-electron chi connectivity index (χ2n) is 9.56. The van der Waals surface area contributed by atoms with Crippen LogP contribution in [0.3, 0.4) is 0 Å². The van der Waals surface area contributed by atoms with Gasteiger partial charge >= 0.3 is 6.18 Å². The zero-order chi connectivity index (χ0) is 24.9. The van der Waals surface area contributed by atoms with Gasteiger partial charge in [-0.3, -0.25) is 14.5 Å². The van der Waals surface area contributed by atoms with Gasteiger partial charge in [-0.15, -0.1) is 0 Å². The zero-order valence-corrected chi connectivity index (χ0v) is 19.4. The fraction of sp³-hybridized carbons (Fsp3) is 0.400. The maximum Gasteiger partial charge on any atom is 0.419 e. The topological polar surface area (TPSA) is 65.9 Å². The second kappa shape index (κ2) is 8.97. The van der Waals surface area contributed by atoms with Crippen LogP contribution in [0.15, 0.2) is 49.2 Å². The number of piperidine rings is 1. The Balaban J connectivity index is 1.03. The molecule has 2 saturated heterocycles. The summed E-state index contributed by atoms with van der Waals surface area (Å²) < 4.78 is 55.4. The van der Waals surface area contributed by atoms with Crippen molar-refractivity contribution in [2.45, 2.75) is 37.6 Å². The van der Waals surface area contributed by atoms with Crippen molar-refractivity contribution < 1.29 is 17.6 Å². The van der Waals surface area contributed by atoms with E-state index in [1.54, 1.807) is 6.33 Å². The van der Waals surface area contributed by atoms with Gasteiger partial charge in [0.2, 0.25) is 0 Å². The fourth-order valence-corrected chi connectivity index (χ4v) is 5.32. The summed E-state index contributed by atoms with van der Waals surface area (Å²) in [6.07, 6.45) is 4.39. The molecule has 1 N–H and O–H groups in total. The molecule has 2 aliphatic heterocycles. The summed E-state index contributed by atoms with van der Waals surface area (Å²) in [5.41, 5.74) is 1.51. The first-order valence-electron chi connectivity index (χ1n) is 12.0. The van der Waals surface area contributed by atoms with Crippen molar-refractivity contribution in [1.29, 1.82) is 0 Å². The molecule has 188 valence electrons. The van der Waals surface area contributed by atoms with Crippen LogP contribution in [-0.4, -0.2) is 66.8 Å². The van der Waals surface area contributed by atoms with E-state index in [0.717, 1.165) is 67.4 Å². The highest BCUT2D eigenvalue weighted by molar-refractivity contribution is 5.89. The van der Waals surface area contributed by atoms with Crippen LogP contribution in [0, 0.1) is 5.82 Å². The first-order valence-corrected chi connectivity index (χ1v) is 12.0. The van der Waals surface area contributed by atoms with Gasteiger partial charge in [0.15, 0.2) is 0 Å². The van der Waals surface area contributed by atoms with Gasteiger partial charge in [0.05, 0.1) is 23.5 Å². The van der Waals surface area contributed by atoms with Crippen molar-refractivity contribution >= 4 is 11.0 Å². The third-order valence-electron chi connectivity index (χ3n) is 7.35. The lowest BCUT2D eigenvalue weighted by Gasteiger charge is -2.47. The molecule has 11 heteroatoms. The first kappa shape index (κ1) is 23.1. The van der Waals surface area contributed by atoms with Crippen LogP contribution < -0.4 is 0 Å². The van der Waals surface area contributed by atoms with Crippen LogP contribution in [0.25, 0.3) is 22.3 Å². The molecule has 0 saturated carbocycles. The molecule has 0 aliphatic carbocycles. The summed E-state index contributed by atoms with van der Waals surface area (Å²) in [5.74, 6) is -1.16. The minimum atomic E-state index is -4.68. The number of halogens is 4. The van der Waals surface area contributed by atoms with E-state index >= 15 is 0 Å². The van der Waals surface area contributed by atoms with Crippen molar-refractivity contribution in [3.8, 4) is 11.3 Å². The Morgan fingerprint density at radius 2 is 1.83 bits per heavy atom. The van der Waals surface area contributed by atoms with Crippen molar-refractivity contribution in [3.63, 3.8) is 0 Å². The number of aromatic amines is 1. The highest BCUT2D eigenvalue weighted by Gasteiger charge is 2.37. The van der Waals surface area contributed by atoms with Gasteiger partial charge in [0.25, 0.3) is 0 Å². The minimum Gasteiger partial charge on any atom is -0.346 e. The van der Waals surface area contributed by atoms with Crippen LogP contribution in [-0.2, 0) is 12.7 Å². The average Bonchev–Trinajstić information content (AvgIpc) is 3.50. The predicted molar refractivity (Wildman–Crippen MR) is 125 cm³/mol. The largest absolute Gasteiger partial charge is 0.419 e. The standard InChI is InChI=1S/C25H25F4N7/c26-22-16(2-1-3-21(22)25(27,28)29)11-34-8-5-18(6-9-34)35-13-19(14-35)36-12-17(10-33-36)23-20-4-7-30-24(20)32-15-31-23/h1-4,7,10,12,15,18-19H,5-6,8-9,11,13-14H2,(H,30,31,32). The fourth-order valence-electron chi connectivity index (χ4n) is 5.32. The van der Waals surface area contributed by atoms with E-state index < -0.39 is 17.6 Å². The van der Waals surface area contributed by atoms with Crippen LogP contribution >= 0.6 is 0 Å². The molecule has 7 nitrogen and oxygen atoms in total. The van der Waals surface area contributed by atoms with E-state index in [4.69, 9.17) is 0 Å². The van der Waals surface area contributed by atoms with E-state index in [1.807, 2.05) is 34.2 Å². The number of nitrogens with one attached hydrogen (secondary N) is 1. The smallest absolute Gasteiger partial charge is 0.346 e. The molecule has 1 aromatic carbocycles. The van der Waals surface area contributed by atoms with Crippen molar-refractivity contribution in [2.75, 3.05) is 26.2 Å². The molecule has 5 heterocycles. The van der Waals surface area contributed by atoms with Gasteiger partial charge in [0.1, 0.15) is 17.8 Å². The van der Waals surface area contributed by atoms with Gasteiger partial charge in [-0.1, -0.05) is 12.1 Å². The Morgan fingerprint density at radius 1 is 1.03 bits per heavy atom. The molecule has 36 heavy (non-hydrogen) atoms. The Morgan fingerprint density at radius 3 is 2.61 bits per heavy atom. The summed E-state index contributed by atoms with van der Waals surface area (Å²) in [6.45, 7) is 3.45. The molecule has 0 atom stereocenters. The number of fused-ring (bicyclic) bond motifs is 1. The first-order chi connectivity index (χ1) is 17.4. The lowest BCUT2D eigenvalue weighted by molar-refractivity contribution is -0.140. The Kier molecular flexibility index (Phi) is 5.76. The molecule has 0 bridgehead atoms. The van der Waals surface area contributed by atoms with Gasteiger partial charge < -0.3 is 4.98 Å². The molecular weight excluding hydrogens is 474 g/mol. The lowest BCUT2D eigenvalue weighted by Crippen LogP contribution is -2.55. The summed E-state index contributed by atoms with van der Waals surface area (Å²) in [4.78, 5) is 16.2. The van der Waals surface area contributed by atoms with Crippen LogP contribution in [0.4, 0.5) is 17.6 Å². The summed E-state index contributed by atoms with van der Waals surface area (Å²) >= 11 is 0. The van der Waals surface area contributed by atoms with E-state index in [0.29, 0.717) is 12.1 Å². The highest BCUT2D eigenvalue weighted by atomic mass is 19.4. The number of H-pyrrole nitrogens is 1. The van der Waals surface area contributed by atoms with Crippen molar-refractivity contribution in [2.24, 2.45) is 0 Å². The number of benzene rings is 1. The molecule has 2 fully saturated rings. The number of nitrogens with zero attached hydrogens (tertiary/aromatic N) is 6. The van der Waals surface area contributed by atoms with Crippen molar-refractivity contribution in [3.05, 3.63) is 66.1 Å². The minimum absolute atomic E-state index is 0.0994. The molecule has 6 rings (SSSR count). The third-order valence-corrected chi connectivity index (χ3v) is 7.35. The quantitative estimate of drug-likeness (QED) is 0.410. The second-order valence-corrected chi connectivity index (χ2v) is 9.56. The summed E-state index contributed by atoms with van der Waals surface area (Å²) in [7, 11) is 0. The molecule has 4 aromatic rings. The highest BCUT2D eigenvalue weighted by Crippen LogP contribution is 2.34. The normalized spacial score (nSPS) is 18.7. The van der Waals surface area contributed by atoms with Crippen molar-refractivity contribution in [1.82, 2.24) is 34.5 Å². The molecule has 0 unspecified atom stereocenters. The Labute approximate surface area is 204 Å². The molecular formula is C25H25F4N7. The maximum absolute atomic E-state index is 14.4. The summed E-state index contributed by atoms with van der Waals surface area (Å²) in [5, 5.41) is 5.53. The van der Waals surface area contributed by atoms with Gasteiger partial charge in [-0.05, 0) is 38.1 Å². The van der Waals surface area contributed by atoms with Gasteiger partial charge in [-0.25, -0.2) is 14.4 Å². The SMILES string of the molecule is Fc1c(CN2CCC(N3CC(n4cc(-c5ncnc6[nH]ccc56)cn4)C3)CC2)cccc1C(F)(F)F. The Bertz CT molecular complexity index is 1360. The van der Waals surface area contributed by atoms with E-state index in [2.05, 4.69) is 25.0 Å². The number of hydrogen-bond acceptors (Lipinski definition) is 5. The van der Waals surface area contributed by atoms with Crippen LogP contribution in [0.1, 0.15) is 30.0 Å². The monoisotopic (exact) mass is 499 g/mol. The Hall–Kier alpha value is -3.31. The number of alkyl halides is 3. The number of hydrogen-bond donors (Lipinski definition) is 1. The number of aromatic nitrogens is 5. The molecule has 0 amide bonds. The third kappa shape index (κ3) is 4.26. The van der Waals surface area contributed by atoms with Gasteiger partial charge in [0, 0.05) is 54.6 Å². The average molecular weight is 500 g/mol. The zero-order valence-electron chi connectivity index (χ0n) is 19.4. The number of likely N-dealkylation sites (tertiary alicyclic amines) is 2. The van der Waals surface area contributed by atoms with E-state index in [1.165, 1.54) is 12.1 Å². The number of rotatable bonds is 5. The van der Waals surface area contributed by atoms with Crippen LogP contribution in [0.2, 0.25) is 0 Å². The maximum atomic E-state index is 14.4. The van der Waals surface area contributed by atoms with Gasteiger partial charge in [-0.2, -0.15) is 18.3 Å². The molecule has 3 aromatic heterocycles. The van der Waals surface area contributed by atoms with E-state index in [9.17, 15) is 17.6 Å². The lowest BCUT2D eigenvalue weighted by atomic mass is 9.97. The summed E-state index contributed by atoms with van der Waals surface area (Å²) in [6, 6.07) is 6.18.